The van der Waals surface area contributed by atoms with Gasteiger partial charge in [0.15, 0.2) is 0 Å². The minimum Gasteiger partial charge on any atom is -0.380 e. The molecule has 2 rings (SSSR count). The Labute approximate surface area is 108 Å². The maximum Gasteiger partial charge on any atom is 0.0451 e. The Hall–Kier alpha value is -1.28. The molecule has 0 fully saturated rings. The number of nitrogens with one attached hydrogen (secondary N) is 1. The molecule has 0 saturated heterocycles. The van der Waals surface area contributed by atoms with Crippen molar-refractivity contribution >= 4 is 17.0 Å². The zero-order valence-electron chi connectivity index (χ0n) is 10.7. The fourth-order valence-corrected chi connectivity index (χ4v) is 2.30. The largest absolute Gasteiger partial charge is 0.380 e. The van der Waals surface area contributed by atoms with E-state index in [0.717, 1.165) is 6.54 Å². The van der Waals surface area contributed by atoms with Crippen LogP contribution in [0.1, 0.15) is 31.9 Å². The van der Waals surface area contributed by atoms with E-state index in [1.54, 1.807) is 11.3 Å². The van der Waals surface area contributed by atoms with Gasteiger partial charge in [0.2, 0.25) is 0 Å². The van der Waals surface area contributed by atoms with E-state index < -0.39 is 0 Å². The van der Waals surface area contributed by atoms with Crippen LogP contribution in [0.2, 0.25) is 0 Å². The van der Waals surface area contributed by atoms with Gasteiger partial charge in [-0.05, 0) is 28.0 Å². The van der Waals surface area contributed by atoms with E-state index in [2.05, 4.69) is 67.2 Å². The predicted octanol–water partition coefficient (Wildman–Crippen LogP) is 4.66. The first kappa shape index (κ1) is 12.2. The molecule has 1 aromatic heterocycles. The number of rotatable bonds is 3. The standard InChI is InChI=1S/C15H19NS/c1-15(2,3)13-6-4-12(5-7-13)10-16-14-8-9-17-11-14/h4-9,11,16H,10H2,1-3H3. The zero-order chi connectivity index (χ0) is 12.3. The van der Waals surface area contributed by atoms with Crippen molar-refractivity contribution in [1.82, 2.24) is 0 Å². The second-order valence-corrected chi connectivity index (χ2v) is 6.09. The Kier molecular flexibility index (Phi) is 3.53. The minimum absolute atomic E-state index is 0.235. The van der Waals surface area contributed by atoms with Crippen LogP contribution in [0.25, 0.3) is 0 Å². The fraction of sp³-hybridized carbons (Fsp3) is 0.333. The Morgan fingerprint density at radius 2 is 1.76 bits per heavy atom. The van der Waals surface area contributed by atoms with Crippen LogP contribution in [0, 0.1) is 0 Å². The summed E-state index contributed by atoms with van der Waals surface area (Å²) in [7, 11) is 0. The van der Waals surface area contributed by atoms with Crippen molar-refractivity contribution in [2.75, 3.05) is 5.32 Å². The Morgan fingerprint density at radius 1 is 1.06 bits per heavy atom. The van der Waals surface area contributed by atoms with Gasteiger partial charge < -0.3 is 5.32 Å². The van der Waals surface area contributed by atoms with Gasteiger partial charge >= 0.3 is 0 Å². The quantitative estimate of drug-likeness (QED) is 0.829. The summed E-state index contributed by atoms with van der Waals surface area (Å²) in [5, 5.41) is 7.63. The molecule has 0 saturated carbocycles. The molecule has 2 aromatic rings. The van der Waals surface area contributed by atoms with Crippen molar-refractivity contribution in [2.24, 2.45) is 0 Å². The molecule has 0 atom stereocenters. The molecule has 0 bridgehead atoms. The van der Waals surface area contributed by atoms with E-state index in [-0.39, 0.29) is 5.41 Å². The van der Waals surface area contributed by atoms with Gasteiger partial charge in [0.1, 0.15) is 0 Å². The van der Waals surface area contributed by atoms with Crippen molar-refractivity contribution in [2.45, 2.75) is 32.7 Å². The van der Waals surface area contributed by atoms with Gasteiger partial charge in [-0.1, -0.05) is 45.0 Å². The van der Waals surface area contributed by atoms with Crippen LogP contribution in [-0.4, -0.2) is 0 Å². The van der Waals surface area contributed by atoms with Crippen molar-refractivity contribution < 1.29 is 0 Å². The lowest BCUT2D eigenvalue weighted by Gasteiger charge is -2.19. The summed E-state index contributed by atoms with van der Waals surface area (Å²) in [4.78, 5) is 0. The lowest BCUT2D eigenvalue weighted by molar-refractivity contribution is 0.590. The molecule has 1 nitrogen and oxygen atoms in total. The molecule has 0 aliphatic carbocycles. The third kappa shape index (κ3) is 3.34. The summed E-state index contributed by atoms with van der Waals surface area (Å²) in [5.74, 6) is 0. The van der Waals surface area contributed by atoms with Gasteiger partial charge in [-0.3, -0.25) is 0 Å². The van der Waals surface area contributed by atoms with Crippen molar-refractivity contribution in [3.63, 3.8) is 0 Å². The van der Waals surface area contributed by atoms with Gasteiger partial charge in [0.25, 0.3) is 0 Å². The highest BCUT2D eigenvalue weighted by molar-refractivity contribution is 7.08. The topological polar surface area (TPSA) is 12.0 Å². The predicted molar refractivity (Wildman–Crippen MR) is 76.8 cm³/mol. The molecule has 0 unspecified atom stereocenters. The molecule has 1 aromatic carbocycles. The van der Waals surface area contributed by atoms with E-state index in [1.807, 2.05) is 0 Å². The maximum absolute atomic E-state index is 3.41. The van der Waals surface area contributed by atoms with Gasteiger partial charge in [-0.2, -0.15) is 11.3 Å². The maximum atomic E-state index is 3.41. The molecule has 90 valence electrons. The van der Waals surface area contributed by atoms with Crippen LogP contribution in [0.5, 0.6) is 0 Å². The average molecular weight is 245 g/mol. The first-order valence-corrected chi connectivity index (χ1v) is 6.85. The van der Waals surface area contributed by atoms with Gasteiger partial charge in [-0.15, -0.1) is 0 Å². The highest BCUT2D eigenvalue weighted by Crippen LogP contribution is 2.22. The van der Waals surface area contributed by atoms with Crippen LogP contribution in [0.15, 0.2) is 41.1 Å². The van der Waals surface area contributed by atoms with Crippen LogP contribution >= 0.6 is 11.3 Å². The van der Waals surface area contributed by atoms with Crippen molar-refractivity contribution in [3.05, 3.63) is 52.2 Å². The molecule has 0 spiro atoms. The van der Waals surface area contributed by atoms with Crippen LogP contribution in [0.4, 0.5) is 5.69 Å². The summed E-state index contributed by atoms with van der Waals surface area (Å²) in [6.45, 7) is 7.62. The van der Waals surface area contributed by atoms with E-state index >= 15 is 0 Å². The summed E-state index contributed by atoms with van der Waals surface area (Å²) in [6, 6.07) is 11.0. The monoisotopic (exact) mass is 245 g/mol. The molecule has 17 heavy (non-hydrogen) atoms. The zero-order valence-corrected chi connectivity index (χ0v) is 11.5. The summed E-state index contributed by atoms with van der Waals surface area (Å²) in [5.41, 5.74) is 4.15. The van der Waals surface area contributed by atoms with Gasteiger partial charge in [0, 0.05) is 17.6 Å². The minimum atomic E-state index is 0.235. The molecule has 0 amide bonds. The highest BCUT2D eigenvalue weighted by Gasteiger charge is 2.12. The SMILES string of the molecule is CC(C)(C)c1ccc(CNc2ccsc2)cc1. The van der Waals surface area contributed by atoms with Gasteiger partial charge in [0.05, 0.1) is 0 Å². The third-order valence-corrected chi connectivity index (χ3v) is 3.52. The lowest BCUT2D eigenvalue weighted by atomic mass is 9.87. The molecule has 0 radical (unpaired) electrons. The highest BCUT2D eigenvalue weighted by atomic mass is 32.1. The molecule has 1 N–H and O–H groups in total. The van der Waals surface area contributed by atoms with Gasteiger partial charge in [-0.25, -0.2) is 0 Å². The van der Waals surface area contributed by atoms with E-state index in [1.165, 1.54) is 16.8 Å². The van der Waals surface area contributed by atoms with Crippen LogP contribution in [-0.2, 0) is 12.0 Å². The number of hydrogen-bond acceptors (Lipinski definition) is 2. The number of hydrogen-bond donors (Lipinski definition) is 1. The Bertz CT molecular complexity index is 449. The second-order valence-electron chi connectivity index (χ2n) is 5.31. The first-order valence-electron chi connectivity index (χ1n) is 5.91. The summed E-state index contributed by atoms with van der Waals surface area (Å²) >= 11 is 1.72. The number of anilines is 1. The second kappa shape index (κ2) is 4.92. The summed E-state index contributed by atoms with van der Waals surface area (Å²) < 4.78 is 0. The van der Waals surface area contributed by atoms with Crippen molar-refractivity contribution in [1.29, 1.82) is 0 Å². The molecule has 0 aliphatic rings. The number of thiophene rings is 1. The van der Waals surface area contributed by atoms with E-state index in [0.29, 0.717) is 0 Å². The van der Waals surface area contributed by atoms with Crippen LogP contribution < -0.4 is 5.32 Å². The number of benzene rings is 1. The molecule has 1 heterocycles. The smallest absolute Gasteiger partial charge is 0.0451 e. The molecule has 0 aliphatic heterocycles. The molecular formula is C15H19NS. The van der Waals surface area contributed by atoms with Crippen LogP contribution in [0.3, 0.4) is 0 Å². The normalized spacial score (nSPS) is 11.5. The van der Waals surface area contributed by atoms with Crippen molar-refractivity contribution in [3.8, 4) is 0 Å². The Balaban J connectivity index is 1.99. The first-order chi connectivity index (χ1) is 8.05. The van der Waals surface area contributed by atoms with E-state index in [4.69, 9.17) is 0 Å². The fourth-order valence-electron chi connectivity index (χ4n) is 1.69. The Morgan fingerprint density at radius 3 is 2.29 bits per heavy atom. The average Bonchev–Trinajstić information content (AvgIpc) is 2.78. The summed E-state index contributed by atoms with van der Waals surface area (Å²) in [6.07, 6.45) is 0. The lowest BCUT2D eigenvalue weighted by Crippen LogP contribution is -2.11. The molecule has 2 heteroatoms. The third-order valence-electron chi connectivity index (χ3n) is 2.84. The van der Waals surface area contributed by atoms with E-state index in [9.17, 15) is 0 Å². The molecular weight excluding hydrogens is 226 g/mol.